The molecule has 1 aromatic rings. The smallest absolute Gasteiger partial charge is 0.0351 e. The molecule has 0 heterocycles. The van der Waals surface area contributed by atoms with E-state index in [2.05, 4.69) is 78.1 Å². The average molecular weight is 341 g/mol. The summed E-state index contributed by atoms with van der Waals surface area (Å²) in [6, 6.07) is 9.08. The first-order chi connectivity index (χ1) is 9.56. The fourth-order valence-corrected chi connectivity index (χ4v) is 3.04. The molecule has 0 unspecified atom stereocenters. The summed E-state index contributed by atoms with van der Waals surface area (Å²) in [5, 5.41) is 3.52. The Morgan fingerprint density at radius 3 is 2.45 bits per heavy atom. The van der Waals surface area contributed by atoms with Gasteiger partial charge in [0.05, 0.1) is 0 Å². The molecule has 20 heavy (non-hydrogen) atoms. The van der Waals surface area contributed by atoms with Crippen LogP contribution in [0.4, 0.5) is 5.69 Å². The molecule has 0 aromatic heterocycles. The lowest BCUT2D eigenvalue weighted by molar-refractivity contribution is 0.172. The molecule has 114 valence electrons. The SMILES string of the molecule is CCC(CC)N(CCNc1cccc(Br)c1)CC(C)C. The van der Waals surface area contributed by atoms with Gasteiger partial charge in [0.25, 0.3) is 0 Å². The molecule has 0 radical (unpaired) electrons. The summed E-state index contributed by atoms with van der Waals surface area (Å²) in [7, 11) is 0. The van der Waals surface area contributed by atoms with Gasteiger partial charge in [0.2, 0.25) is 0 Å². The van der Waals surface area contributed by atoms with Crippen LogP contribution in [0.2, 0.25) is 0 Å². The molecule has 0 saturated carbocycles. The third-order valence-electron chi connectivity index (χ3n) is 3.61. The van der Waals surface area contributed by atoms with Gasteiger partial charge in [-0.15, -0.1) is 0 Å². The molecule has 3 heteroatoms. The van der Waals surface area contributed by atoms with E-state index in [1.807, 2.05) is 0 Å². The summed E-state index contributed by atoms with van der Waals surface area (Å²) < 4.78 is 1.13. The van der Waals surface area contributed by atoms with E-state index < -0.39 is 0 Å². The van der Waals surface area contributed by atoms with Crippen LogP contribution >= 0.6 is 15.9 Å². The molecule has 0 saturated heterocycles. The highest BCUT2D eigenvalue weighted by molar-refractivity contribution is 9.10. The van der Waals surface area contributed by atoms with Gasteiger partial charge in [-0.25, -0.2) is 0 Å². The fraction of sp³-hybridized carbons (Fsp3) is 0.647. The Hall–Kier alpha value is -0.540. The first-order valence-corrected chi connectivity index (χ1v) is 8.59. The predicted octanol–water partition coefficient (Wildman–Crippen LogP) is 5.01. The van der Waals surface area contributed by atoms with Gasteiger partial charge < -0.3 is 5.32 Å². The molecule has 0 aliphatic heterocycles. The van der Waals surface area contributed by atoms with Crippen molar-refractivity contribution >= 4 is 21.6 Å². The Labute approximate surface area is 133 Å². The van der Waals surface area contributed by atoms with Crippen molar-refractivity contribution in [1.82, 2.24) is 4.90 Å². The summed E-state index contributed by atoms with van der Waals surface area (Å²) in [6.45, 7) is 12.5. The van der Waals surface area contributed by atoms with E-state index in [-0.39, 0.29) is 0 Å². The Morgan fingerprint density at radius 2 is 1.90 bits per heavy atom. The third kappa shape index (κ3) is 6.27. The van der Waals surface area contributed by atoms with E-state index in [1.165, 1.54) is 25.1 Å². The number of hydrogen-bond acceptors (Lipinski definition) is 2. The van der Waals surface area contributed by atoms with Crippen LogP contribution in [0.25, 0.3) is 0 Å². The number of hydrogen-bond donors (Lipinski definition) is 1. The number of rotatable bonds is 9. The van der Waals surface area contributed by atoms with E-state index in [9.17, 15) is 0 Å². The maximum Gasteiger partial charge on any atom is 0.0351 e. The third-order valence-corrected chi connectivity index (χ3v) is 4.10. The van der Waals surface area contributed by atoms with Gasteiger partial charge in [-0.1, -0.05) is 49.7 Å². The Bertz CT molecular complexity index is 375. The van der Waals surface area contributed by atoms with Crippen LogP contribution in [0.3, 0.4) is 0 Å². The van der Waals surface area contributed by atoms with Crippen LogP contribution in [0, 0.1) is 5.92 Å². The topological polar surface area (TPSA) is 15.3 Å². The lowest BCUT2D eigenvalue weighted by atomic mass is 10.1. The second kappa shape index (κ2) is 9.41. The first-order valence-electron chi connectivity index (χ1n) is 7.80. The molecule has 0 aliphatic carbocycles. The highest BCUT2D eigenvalue weighted by Crippen LogP contribution is 2.16. The minimum absolute atomic E-state index is 0.710. The lowest BCUT2D eigenvalue weighted by Gasteiger charge is -2.32. The quantitative estimate of drug-likeness (QED) is 0.679. The summed E-state index contributed by atoms with van der Waals surface area (Å²) >= 11 is 3.51. The number of benzene rings is 1. The number of nitrogens with one attached hydrogen (secondary N) is 1. The van der Waals surface area contributed by atoms with Crippen LogP contribution in [0.5, 0.6) is 0 Å². The van der Waals surface area contributed by atoms with Crippen molar-refractivity contribution in [3.8, 4) is 0 Å². The summed E-state index contributed by atoms with van der Waals surface area (Å²) in [4.78, 5) is 2.63. The summed E-state index contributed by atoms with van der Waals surface area (Å²) in [6.07, 6.45) is 2.47. The number of nitrogens with zero attached hydrogens (tertiary/aromatic N) is 1. The van der Waals surface area contributed by atoms with Gasteiger partial charge in [-0.05, 0) is 37.0 Å². The second-order valence-corrected chi connectivity index (χ2v) is 6.71. The van der Waals surface area contributed by atoms with Gasteiger partial charge in [0, 0.05) is 35.8 Å². The van der Waals surface area contributed by atoms with Gasteiger partial charge in [0.1, 0.15) is 0 Å². The zero-order valence-corrected chi connectivity index (χ0v) is 14.9. The summed E-state index contributed by atoms with van der Waals surface area (Å²) in [5.74, 6) is 0.724. The van der Waals surface area contributed by atoms with E-state index in [0.29, 0.717) is 6.04 Å². The molecule has 0 fully saturated rings. The van der Waals surface area contributed by atoms with Crippen LogP contribution in [-0.2, 0) is 0 Å². The van der Waals surface area contributed by atoms with Gasteiger partial charge in [-0.3, -0.25) is 4.90 Å². The minimum Gasteiger partial charge on any atom is -0.384 e. The van der Waals surface area contributed by atoms with Crippen molar-refractivity contribution < 1.29 is 0 Å². The minimum atomic E-state index is 0.710. The predicted molar refractivity (Wildman–Crippen MR) is 93.4 cm³/mol. The maximum absolute atomic E-state index is 3.52. The Kier molecular flexibility index (Phi) is 8.24. The van der Waals surface area contributed by atoms with Crippen molar-refractivity contribution in [2.45, 2.75) is 46.6 Å². The van der Waals surface area contributed by atoms with Crippen LogP contribution in [0.1, 0.15) is 40.5 Å². The van der Waals surface area contributed by atoms with E-state index in [0.717, 1.165) is 23.5 Å². The molecule has 1 aromatic carbocycles. The Morgan fingerprint density at radius 1 is 1.20 bits per heavy atom. The van der Waals surface area contributed by atoms with Gasteiger partial charge in [-0.2, -0.15) is 0 Å². The lowest BCUT2D eigenvalue weighted by Crippen LogP contribution is -2.40. The molecule has 0 atom stereocenters. The van der Waals surface area contributed by atoms with E-state index in [4.69, 9.17) is 0 Å². The van der Waals surface area contributed by atoms with Crippen LogP contribution < -0.4 is 5.32 Å². The molecule has 1 rings (SSSR count). The molecule has 2 nitrogen and oxygen atoms in total. The number of anilines is 1. The standard InChI is InChI=1S/C17H29BrN2/c1-5-17(6-2)20(13-14(3)4)11-10-19-16-9-7-8-15(18)12-16/h7-9,12,14,17,19H,5-6,10-11,13H2,1-4H3. The highest BCUT2D eigenvalue weighted by Gasteiger charge is 2.15. The van der Waals surface area contributed by atoms with Crippen molar-refractivity contribution in [3.63, 3.8) is 0 Å². The highest BCUT2D eigenvalue weighted by atomic mass is 79.9. The van der Waals surface area contributed by atoms with E-state index >= 15 is 0 Å². The van der Waals surface area contributed by atoms with Gasteiger partial charge >= 0.3 is 0 Å². The zero-order valence-electron chi connectivity index (χ0n) is 13.3. The normalized spacial score (nSPS) is 11.6. The number of halogens is 1. The fourth-order valence-electron chi connectivity index (χ4n) is 2.64. The first kappa shape index (κ1) is 17.5. The second-order valence-electron chi connectivity index (χ2n) is 5.80. The Balaban J connectivity index is 2.49. The molecule has 0 amide bonds. The van der Waals surface area contributed by atoms with Crippen molar-refractivity contribution in [2.75, 3.05) is 25.0 Å². The van der Waals surface area contributed by atoms with Crippen molar-refractivity contribution in [3.05, 3.63) is 28.7 Å². The molecule has 0 aliphatic rings. The average Bonchev–Trinajstić information content (AvgIpc) is 2.39. The van der Waals surface area contributed by atoms with Gasteiger partial charge in [0.15, 0.2) is 0 Å². The maximum atomic E-state index is 3.52. The monoisotopic (exact) mass is 340 g/mol. The van der Waals surface area contributed by atoms with Crippen LogP contribution in [0.15, 0.2) is 28.7 Å². The van der Waals surface area contributed by atoms with Crippen molar-refractivity contribution in [2.24, 2.45) is 5.92 Å². The largest absolute Gasteiger partial charge is 0.384 e. The van der Waals surface area contributed by atoms with E-state index in [1.54, 1.807) is 0 Å². The molecule has 1 N–H and O–H groups in total. The van der Waals surface area contributed by atoms with Crippen molar-refractivity contribution in [1.29, 1.82) is 0 Å². The molecule has 0 bridgehead atoms. The molecular formula is C17H29BrN2. The molecular weight excluding hydrogens is 312 g/mol. The summed E-state index contributed by atoms with van der Waals surface area (Å²) in [5.41, 5.74) is 1.19. The zero-order chi connectivity index (χ0) is 15.0. The van der Waals surface area contributed by atoms with Crippen LogP contribution in [-0.4, -0.2) is 30.6 Å². The molecule has 0 spiro atoms.